The van der Waals surface area contributed by atoms with E-state index in [1.807, 2.05) is 0 Å². The molecule has 4 N–H and O–H groups in total. The average molecular weight is 581 g/mol. The molecule has 0 fully saturated rings. The summed E-state index contributed by atoms with van der Waals surface area (Å²) in [5.74, 6) is -0.813. The lowest BCUT2D eigenvalue weighted by atomic mass is 10.0. The molecular weight excluding hydrogens is 558 g/mol. The number of ether oxygens (including phenoxy) is 2. The van der Waals surface area contributed by atoms with Crippen molar-refractivity contribution in [3.63, 3.8) is 0 Å². The van der Waals surface area contributed by atoms with E-state index in [0.29, 0.717) is 33.6 Å². The lowest BCUT2D eigenvalue weighted by Crippen LogP contribution is -2.08. The van der Waals surface area contributed by atoms with Gasteiger partial charge < -0.3 is 20.9 Å². The van der Waals surface area contributed by atoms with Crippen molar-refractivity contribution in [3.05, 3.63) is 120 Å². The fourth-order valence-corrected chi connectivity index (χ4v) is 4.22. The van der Waals surface area contributed by atoms with Crippen molar-refractivity contribution < 1.29 is 35.8 Å². The molecule has 5 rings (SSSR count). The average Bonchev–Trinajstić information content (AvgIpc) is 2.94. The van der Waals surface area contributed by atoms with Crippen molar-refractivity contribution in [2.75, 3.05) is 11.5 Å². The molecule has 5 aromatic carbocycles. The number of alkyl halides is 6. The predicted molar refractivity (Wildman–Crippen MR) is 149 cm³/mol. The minimum Gasteiger partial charge on any atom is -0.457 e. The molecule has 0 saturated carbocycles. The molecule has 0 amide bonds. The van der Waals surface area contributed by atoms with E-state index < -0.39 is 35.0 Å². The third-order valence-electron chi connectivity index (χ3n) is 6.34. The van der Waals surface area contributed by atoms with Gasteiger partial charge in [-0.25, -0.2) is 0 Å². The van der Waals surface area contributed by atoms with Gasteiger partial charge >= 0.3 is 12.4 Å². The number of rotatable bonds is 6. The van der Waals surface area contributed by atoms with Gasteiger partial charge in [0.15, 0.2) is 0 Å². The highest BCUT2D eigenvalue weighted by molar-refractivity contribution is 5.69. The van der Waals surface area contributed by atoms with Crippen LogP contribution in [0.5, 0.6) is 23.0 Å². The van der Waals surface area contributed by atoms with Gasteiger partial charge in [0.25, 0.3) is 0 Å². The molecule has 0 heterocycles. The van der Waals surface area contributed by atoms with Crippen LogP contribution in [-0.2, 0) is 12.4 Å². The van der Waals surface area contributed by atoms with Gasteiger partial charge in [0, 0.05) is 11.4 Å². The van der Waals surface area contributed by atoms with Gasteiger partial charge in [-0.3, -0.25) is 0 Å². The summed E-state index contributed by atoms with van der Waals surface area (Å²) in [6.45, 7) is 0. The van der Waals surface area contributed by atoms with Crippen LogP contribution in [0.4, 0.5) is 37.7 Å². The highest BCUT2D eigenvalue weighted by Crippen LogP contribution is 2.43. The Morgan fingerprint density at radius 1 is 0.405 bits per heavy atom. The molecule has 0 aliphatic carbocycles. The maximum absolute atomic E-state index is 13.9. The summed E-state index contributed by atoms with van der Waals surface area (Å²) in [7, 11) is 0. The van der Waals surface area contributed by atoms with Gasteiger partial charge in [0.2, 0.25) is 0 Å². The number of benzene rings is 5. The van der Waals surface area contributed by atoms with Gasteiger partial charge in [0.05, 0.1) is 11.1 Å². The Morgan fingerprint density at radius 3 is 1.02 bits per heavy atom. The highest BCUT2D eigenvalue weighted by Gasteiger charge is 2.36. The fourth-order valence-electron chi connectivity index (χ4n) is 4.22. The first kappa shape index (κ1) is 28.4. The van der Waals surface area contributed by atoms with Crippen LogP contribution < -0.4 is 20.9 Å². The first-order valence-corrected chi connectivity index (χ1v) is 12.5. The van der Waals surface area contributed by atoms with Crippen LogP contribution in [0.3, 0.4) is 0 Å². The summed E-state index contributed by atoms with van der Waals surface area (Å²) in [6.07, 6.45) is -9.43. The van der Waals surface area contributed by atoms with Crippen molar-refractivity contribution in [2.45, 2.75) is 12.4 Å². The summed E-state index contributed by atoms with van der Waals surface area (Å²) < 4.78 is 94.4. The molecule has 0 unspecified atom stereocenters. The van der Waals surface area contributed by atoms with E-state index in [0.717, 1.165) is 12.1 Å². The van der Waals surface area contributed by atoms with E-state index in [9.17, 15) is 26.3 Å². The van der Waals surface area contributed by atoms with Crippen molar-refractivity contribution in [3.8, 4) is 45.3 Å². The Labute approximate surface area is 236 Å². The SMILES string of the molecule is Nc1ccc(-c2ccc(Oc3ccc(Oc4ccc(-c5ccc(N)cc5)cc4C(F)(F)F)cc3)c(C(F)(F)F)c2)cc1. The van der Waals surface area contributed by atoms with Gasteiger partial charge in [-0.2, -0.15) is 26.3 Å². The number of hydrogen-bond donors (Lipinski definition) is 2. The second-order valence-electron chi connectivity index (χ2n) is 9.34. The van der Waals surface area contributed by atoms with Crippen LogP contribution in [0.1, 0.15) is 11.1 Å². The summed E-state index contributed by atoms with van der Waals surface area (Å²) in [5, 5.41) is 0. The van der Waals surface area contributed by atoms with E-state index in [2.05, 4.69) is 0 Å². The second kappa shape index (κ2) is 11.0. The molecular formula is C32H22F6N2O2. The molecule has 214 valence electrons. The molecule has 0 aliphatic heterocycles. The van der Waals surface area contributed by atoms with Crippen molar-refractivity contribution in [1.82, 2.24) is 0 Å². The third-order valence-corrected chi connectivity index (χ3v) is 6.34. The maximum Gasteiger partial charge on any atom is 0.420 e. The smallest absolute Gasteiger partial charge is 0.420 e. The predicted octanol–water partition coefficient (Wildman–Crippen LogP) is 9.81. The summed E-state index contributed by atoms with van der Waals surface area (Å²) >= 11 is 0. The van der Waals surface area contributed by atoms with Gasteiger partial charge in [-0.05, 0) is 95.1 Å². The number of nitrogen functional groups attached to an aromatic ring is 2. The molecule has 5 aromatic rings. The topological polar surface area (TPSA) is 70.5 Å². The van der Waals surface area contributed by atoms with Crippen LogP contribution >= 0.6 is 0 Å². The molecule has 0 aliphatic rings. The Morgan fingerprint density at radius 2 is 0.714 bits per heavy atom. The van der Waals surface area contributed by atoms with Crippen molar-refractivity contribution >= 4 is 11.4 Å². The lowest BCUT2D eigenvalue weighted by Gasteiger charge is -2.17. The zero-order valence-corrected chi connectivity index (χ0v) is 21.6. The highest BCUT2D eigenvalue weighted by atomic mass is 19.4. The van der Waals surface area contributed by atoms with E-state index in [-0.39, 0.29) is 11.5 Å². The zero-order chi connectivity index (χ0) is 30.1. The summed E-state index contributed by atoms with van der Waals surface area (Å²) in [5.41, 5.74) is 12.0. The normalized spacial score (nSPS) is 11.8. The molecule has 42 heavy (non-hydrogen) atoms. The van der Waals surface area contributed by atoms with Crippen LogP contribution in [0.25, 0.3) is 22.3 Å². The molecule has 10 heteroatoms. The maximum atomic E-state index is 13.9. The molecule has 0 spiro atoms. The van der Waals surface area contributed by atoms with Gasteiger partial charge in [-0.15, -0.1) is 0 Å². The Kier molecular flexibility index (Phi) is 7.47. The first-order chi connectivity index (χ1) is 19.9. The molecule has 0 radical (unpaired) electrons. The van der Waals surface area contributed by atoms with Crippen LogP contribution in [0, 0.1) is 0 Å². The number of halogens is 6. The van der Waals surface area contributed by atoms with Crippen LogP contribution in [0.15, 0.2) is 109 Å². The molecule has 0 saturated heterocycles. The zero-order valence-electron chi connectivity index (χ0n) is 21.6. The minimum absolute atomic E-state index is 0.0304. The summed E-state index contributed by atoms with van der Waals surface area (Å²) in [4.78, 5) is 0. The number of hydrogen-bond acceptors (Lipinski definition) is 4. The largest absolute Gasteiger partial charge is 0.457 e. The van der Waals surface area contributed by atoms with Crippen molar-refractivity contribution in [1.29, 1.82) is 0 Å². The monoisotopic (exact) mass is 580 g/mol. The van der Waals surface area contributed by atoms with Gasteiger partial charge in [0.1, 0.15) is 23.0 Å². The van der Waals surface area contributed by atoms with Crippen LogP contribution in [-0.4, -0.2) is 0 Å². The Hall–Kier alpha value is -5.12. The first-order valence-electron chi connectivity index (χ1n) is 12.5. The van der Waals surface area contributed by atoms with E-state index >= 15 is 0 Å². The Balaban J connectivity index is 1.38. The number of anilines is 2. The minimum atomic E-state index is -4.71. The lowest BCUT2D eigenvalue weighted by molar-refractivity contribution is -0.139. The number of nitrogens with two attached hydrogens (primary N) is 2. The molecule has 4 nitrogen and oxygen atoms in total. The summed E-state index contributed by atoms with van der Waals surface area (Å²) in [6, 6.07) is 25.3. The quantitative estimate of drug-likeness (QED) is 0.155. The van der Waals surface area contributed by atoms with Crippen LogP contribution in [0.2, 0.25) is 0 Å². The van der Waals surface area contributed by atoms with Gasteiger partial charge in [-0.1, -0.05) is 36.4 Å². The van der Waals surface area contributed by atoms with E-state index in [4.69, 9.17) is 20.9 Å². The van der Waals surface area contributed by atoms with Crippen molar-refractivity contribution in [2.24, 2.45) is 0 Å². The standard InChI is InChI=1S/C32H22F6N2O2/c33-31(34,35)27-17-21(19-1-7-23(39)8-2-19)5-15-29(27)41-25-11-13-26(14-12-25)42-30-16-6-22(18-28(30)32(36,37)38)20-3-9-24(40)10-4-20/h1-18H,39-40H2. The molecule has 0 bridgehead atoms. The Bertz CT molecular complexity index is 1570. The third kappa shape index (κ3) is 6.43. The molecule has 0 atom stereocenters. The second-order valence-corrected chi connectivity index (χ2v) is 9.34. The van der Waals surface area contributed by atoms with E-state index in [1.165, 1.54) is 48.5 Å². The fraction of sp³-hybridized carbons (Fsp3) is 0.0625. The van der Waals surface area contributed by atoms with E-state index in [1.54, 1.807) is 48.5 Å². The molecule has 0 aromatic heterocycles.